The summed E-state index contributed by atoms with van der Waals surface area (Å²) in [5.41, 5.74) is 9.48. The SMILES string of the molecule is C=CCCCCC(C)Cc1cccc(-c2ccc(N(CC)/C(=C(\C)CC(C)(C)COC=C)c3cccnc3C(C)OC)cc2)c1. The normalized spacial score (nSPS) is 13.5. The van der Waals surface area contributed by atoms with Crippen molar-refractivity contribution < 1.29 is 9.47 Å². The topological polar surface area (TPSA) is 34.6 Å². The van der Waals surface area contributed by atoms with Crippen LogP contribution in [-0.2, 0) is 15.9 Å². The zero-order valence-corrected chi connectivity index (χ0v) is 28.9. The van der Waals surface area contributed by atoms with E-state index in [9.17, 15) is 0 Å². The molecule has 2 aromatic carbocycles. The maximum absolute atomic E-state index is 5.77. The molecule has 0 fully saturated rings. The third kappa shape index (κ3) is 10.5. The smallest absolute Gasteiger partial charge is 0.0969 e. The minimum Gasteiger partial charge on any atom is -0.501 e. The van der Waals surface area contributed by atoms with Gasteiger partial charge in [-0.1, -0.05) is 82.7 Å². The van der Waals surface area contributed by atoms with E-state index in [1.807, 2.05) is 18.3 Å². The van der Waals surface area contributed by atoms with Crippen molar-refractivity contribution in [3.8, 4) is 11.1 Å². The van der Waals surface area contributed by atoms with E-state index in [1.54, 1.807) is 7.11 Å². The van der Waals surface area contributed by atoms with Gasteiger partial charge in [0.2, 0.25) is 0 Å². The van der Waals surface area contributed by atoms with E-state index in [-0.39, 0.29) is 11.5 Å². The van der Waals surface area contributed by atoms with Gasteiger partial charge in [0, 0.05) is 42.2 Å². The summed E-state index contributed by atoms with van der Waals surface area (Å²) in [4.78, 5) is 7.20. The number of hydrogen-bond acceptors (Lipinski definition) is 4. The molecule has 4 nitrogen and oxygen atoms in total. The highest BCUT2D eigenvalue weighted by Crippen LogP contribution is 2.38. The fourth-order valence-corrected chi connectivity index (χ4v) is 6.26. The molecule has 4 heteroatoms. The molecule has 0 aliphatic heterocycles. The molecule has 0 N–H and O–H groups in total. The molecule has 0 amide bonds. The van der Waals surface area contributed by atoms with Crippen LogP contribution in [0.1, 0.15) is 96.6 Å². The molecule has 3 rings (SSSR count). The van der Waals surface area contributed by atoms with E-state index >= 15 is 0 Å². The summed E-state index contributed by atoms with van der Waals surface area (Å²) in [6, 6.07) is 22.3. The third-order valence-corrected chi connectivity index (χ3v) is 8.54. The van der Waals surface area contributed by atoms with Crippen LogP contribution < -0.4 is 4.90 Å². The number of unbranched alkanes of at least 4 members (excludes halogenated alkanes) is 2. The van der Waals surface area contributed by atoms with Gasteiger partial charge in [0.05, 0.1) is 24.7 Å². The van der Waals surface area contributed by atoms with Crippen LogP contribution in [0.25, 0.3) is 16.8 Å². The Balaban J connectivity index is 1.96. The Morgan fingerprint density at radius 1 is 1.00 bits per heavy atom. The Bertz CT molecular complexity index is 1390. The lowest BCUT2D eigenvalue weighted by atomic mass is 9.85. The highest BCUT2D eigenvalue weighted by atomic mass is 16.5. The molecule has 0 saturated heterocycles. The highest BCUT2D eigenvalue weighted by Gasteiger charge is 2.26. The average molecular weight is 609 g/mol. The van der Waals surface area contributed by atoms with Crippen LogP contribution in [0.5, 0.6) is 0 Å². The number of ether oxygens (including phenoxy) is 2. The van der Waals surface area contributed by atoms with E-state index in [2.05, 4.69) is 114 Å². The molecule has 0 aliphatic carbocycles. The second kappa shape index (κ2) is 17.8. The number of pyridine rings is 1. The number of methoxy groups -OCH3 is 1. The Labute approximate surface area is 273 Å². The second-order valence-corrected chi connectivity index (χ2v) is 13.1. The standard InChI is InChI=1S/C41H56N2O2/c1-10-13-14-15-18-31(4)27-34-19-16-20-36(28-34)35-22-24-37(25-23-35)43(11-2)40(32(5)29-41(7,8)30-45-12-3)38-21-17-26-42-39(38)33(6)44-9/h10,12,16-17,19-26,28,31,33H,1,3,11,13-15,18,27,29-30H2,2,4-9H3/b40-32+. The summed E-state index contributed by atoms with van der Waals surface area (Å²) in [6.45, 7) is 22.4. The molecular weight excluding hydrogens is 552 g/mol. The van der Waals surface area contributed by atoms with Crippen LogP contribution in [-0.4, -0.2) is 25.2 Å². The first-order chi connectivity index (χ1) is 21.6. The third-order valence-electron chi connectivity index (χ3n) is 8.54. The number of hydrogen-bond donors (Lipinski definition) is 0. The quantitative estimate of drug-likeness (QED) is 0.0770. The van der Waals surface area contributed by atoms with E-state index in [1.165, 1.54) is 53.5 Å². The summed E-state index contributed by atoms with van der Waals surface area (Å²) in [6.07, 6.45) is 12.1. The number of benzene rings is 2. The maximum Gasteiger partial charge on any atom is 0.0969 e. The first kappa shape index (κ1) is 35.8. The van der Waals surface area contributed by atoms with Crippen molar-refractivity contribution in [1.29, 1.82) is 0 Å². The number of aromatic nitrogens is 1. The van der Waals surface area contributed by atoms with Crippen LogP contribution in [0.3, 0.4) is 0 Å². The summed E-state index contributed by atoms with van der Waals surface area (Å²) in [5, 5.41) is 0. The molecule has 0 aliphatic rings. The monoisotopic (exact) mass is 608 g/mol. The summed E-state index contributed by atoms with van der Waals surface area (Å²) in [7, 11) is 1.74. The number of allylic oxidation sites excluding steroid dienone is 2. The molecule has 0 bridgehead atoms. The van der Waals surface area contributed by atoms with Crippen molar-refractivity contribution in [3.63, 3.8) is 0 Å². The Hall–Kier alpha value is -3.63. The molecule has 2 atom stereocenters. The fourth-order valence-electron chi connectivity index (χ4n) is 6.26. The van der Waals surface area contributed by atoms with Gasteiger partial charge in [0.25, 0.3) is 0 Å². The van der Waals surface area contributed by atoms with Crippen molar-refractivity contribution in [2.45, 2.75) is 86.2 Å². The van der Waals surface area contributed by atoms with Gasteiger partial charge in [-0.05, 0) is 98.9 Å². The lowest BCUT2D eigenvalue weighted by molar-refractivity contribution is 0.115. The van der Waals surface area contributed by atoms with Crippen LogP contribution in [0.2, 0.25) is 0 Å². The van der Waals surface area contributed by atoms with Crippen molar-refractivity contribution in [2.24, 2.45) is 11.3 Å². The van der Waals surface area contributed by atoms with Gasteiger partial charge in [-0.2, -0.15) is 0 Å². The van der Waals surface area contributed by atoms with Crippen LogP contribution in [0.4, 0.5) is 5.69 Å². The van der Waals surface area contributed by atoms with Crippen molar-refractivity contribution in [2.75, 3.05) is 25.2 Å². The zero-order chi connectivity index (χ0) is 32.8. The Kier molecular flexibility index (Phi) is 14.1. The summed E-state index contributed by atoms with van der Waals surface area (Å²) in [5.74, 6) is 0.672. The maximum atomic E-state index is 5.77. The summed E-state index contributed by atoms with van der Waals surface area (Å²) < 4.78 is 11.4. The Morgan fingerprint density at radius 3 is 2.42 bits per heavy atom. The van der Waals surface area contributed by atoms with Crippen LogP contribution in [0, 0.1) is 11.3 Å². The van der Waals surface area contributed by atoms with E-state index in [0.29, 0.717) is 12.5 Å². The van der Waals surface area contributed by atoms with Crippen molar-refractivity contribution >= 4 is 11.4 Å². The molecular formula is C41H56N2O2. The van der Waals surface area contributed by atoms with Crippen LogP contribution in [0.15, 0.2) is 97.9 Å². The number of rotatable bonds is 19. The molecule has 3 aromatic rings. The molecule has 1 aromatic heterocycles. The van der Waals surface area contributed by atoms with Gasteiger partial charge in [-0.15, -0.1) is 6.58 Å². The van der Waals surface area contributed by atoms with E-state index in [0.717, 1.165) is 42.8 Å². The lowest BCUT2D eigenvalue weighted by Gasteiger charge is -2.33. The van der Waals surface area contributed by atoms with Gasteiger partial charge in [0.15, 0.2) is 0 Å². The molecule has 2 unspecified atom stereocenters. The minimum absolute atomic E-state index is 0.0733. The first-order valence-electron chi connectivity index (χ1n) is 16.6. The predicted molar refractivity (Wildman–Crippen MR) is 193 cm³/mol. The zero-order valence-electron chi connectivity index (χ0n) is 28.9. The van der Waals surface area contributed by atoms with Gasteiger partial charge < -0.3 is 14.4 Å². The van der Waals surface area contributed by atoms with E-state index in [4.69, 9.17) is 14.5 Å². The highest BCUT2D eigenvalue weighted by molar-refractivity contribution is 5.83. The lowest BCUT2D eigenvalue weighted by Crippen LogP contribution is -2.26. The van der Waals surface area contributed by atoms with E-state index < -0.39 is 0 Å². The molecule has 0 saturated carbocycles. The Morgan fingerprint density at radius 2 is 1.76 bits per heavy atom. The largest absolute Gasteiger partial charge is 0.501 e. The number of anilines is 1. The average Bonchev–Trinajstić information content (AvgIpc) is 3.04. The molecule has 1 heterocycles. The molecule has 0 radical (unpaired) electrons. The number of nitrogens with zero attached hydrogens (tertiary/aromatic N) is 2. The van der Waals surface area contributed by atoms with Crippen molar-refractivity contribution in [1.82, 2.24) is 4.98 Å². The molecule has 0 spiro atoms. The minimum atomic E-state index is -0.135. The second-order valence-electron chi connectivity index (χ2n) is 13.1. The summed E-state index contributed by atoms with van der Waals surface area (Å²) >= 11 is 0. The van der Waals surface area contributed by atoms with Gasteiger partial charge >= 0.3 is 0 Å². The van der Waals surface area contributed by atoms with Crippen LogP contribution >= 0.6 is 0 Å². The first-order valence-corrected chi connectivity index (χ1v) is 16.6. The fraction of sp³-hybridized carbons (Fsp3) is 0.439. The van der Waals surface area contributed by atoms with Gasteiger partial charge in [-0.25, -0.2) is 0 Å². The predicted octanol–water partition coefficient (Wildman–Crippen LogP) is 11.2. The van der Waals surface area contributed by atoms with Gasteiger partial charge in [-0.3, -0.25) is 4.98 Å². The van der Waals surface area contributed by atoms with Gasteiger partial charge in [0.1, 0.15) is 0 Å². The molecule has 242 valence electrons. The van der Waals surface area contributed by atoms with Crippen molar-refractivity contribution in [3.05, 3.63) is 115 Å². The molecule has 45 heavy (non-hydrogen) atoms.